The first-order valence-corrected chi connectivity index (χ1v) is 10.9. The van der Waals surface area contributed by atoms with Crippen LogP contribution in [0.15, 0.2) is 32.9 Å². The van der Waals surface area contributed by atoms with E-state index in [1.807, 2.05) is 18.2 Å². The molecule has 2 heterocycles. The largest absolute Gasteiger partial charge is 0.368 e. The van der Waals surface area contributed by atoms with Crippen molar-refractivity contribution in [2.45, 2.75) is 34.7 Å². The molecule has 1 aromatic carbocycles. The smallest absolute Gasteiger partial charge is 0.232 e. The molecule has 3 N–H and O–H groups in total. The summed E-state index contributed by atoms with van der Waals surface area (Å²) in [6, 6.07) is 8.07. The van der Waals surface area contributed by atoms with Crippen molar-refractivity contribution < 1.29 is 0 Å². The predicted octanol–water partition coefficient (Wildman–Crippen LogP) is 4.02. The van der Waals surface area contributed by atoms with Crippen LogP contribution in [-0.4, -0.2) is 30.9 Å². The van der Waals surface area contributed by atoms with E-state index in [2.05, 4.69) is 50.4 Å². The van der Waals surface area contributed by atoms with Crippen LogP contribution >= 0.6 is 34.9 Å². The molecule has 0 amide bonds. The van der Waals surface area contributed by atoms with Crippen LogP contribution in [0.3, 0.4) is 0 Å². The molecule has 0 unspecified atom stereocenters. The number of aryl methyl sites for hydroxylation is 1. The third kappa shape index (κ3) is 5.05. The summed E-state index contributed by atoms with van der Waals surface area (Å²) in [6.07, 6.45) is 0.918. The summed E-state index contributed by atoms with van der Waals surface area (Å²) in [6.45, 7) is 4.20. The van der Waals surface area contributed by atoms with E-state index in [9.17, 15) is 0 Å². The molecule has 2 aromatic heterocycles. The Hall–Kier alpha value is -1.91. The summed E-state index contributed by atoms with van der Waals surface area (Å²) in [7, 11) is 0. The quantitative estimate of drug-likeness (QED) is 0.538. The Bertz CT molecular complexity index is 869. The number of para-hydroxylation sites is 1. The van der Waals surface area contributed by atoms with Crippen LogP contribution in [0.25, 0.3) is 0 Å². The molecule has 136 valence electrons. The van der Waals surface area contributed by atoms with Crippen LogP contribution in [-0.2, 0) is 12.2 Å². The Morgan fingerprint density at radius 1 is 1.04 bits per heavy atom. The van der Waals surface area contributed by atoms with Crippen molar-refractivity contribution in [1.82, 2.24) is 25.1 Å². The molecule has 3 aromatic rings. The Labute approximate surface area is 164 Å². The summed E-state index contributed by atoms with van der Waals surface area (Å²) in [5.74, 6) is 2.80. The Kier molecular flexibility index (Phi) is 6.64. The van der Waals surface area contributed by atoms with Crippen LogP contribution in [0, 0.1) is 0 Å². The Morgan fingerprint density at radius 2 is 1.81 bits per heavy atom. The van der Waals surface area contributed by atoms with Gasteiger partial charge in [0, 0.05) is 5.69 Å². The number of benzene rings is 1. The van der Waals surface area contributed by atoms with Gasteiger partial charge in [0.1, 0.15) is 5.82 Å². The minimum Gasteiger partial charge on any atom is -0.368 e. The number of hydrogen-bond donors (Lipinski definition) is 2. The maximum atomic E-state index is 5.86. The summed E-state index contributed by atoms with van der Waals surface area (Å²) >= 11 is 4.81. The van der Waals surface area contributed by atoms with Crippen LogP contribution in [0.4, 0.5) is 17.6 Å². The summed E-state index contributed by atoms with van der Waals surface area (Å²) in [5.41, 5.74) is 8.02. The van der Waals surface area contributed by atoms with Crippen molar-refractivity contribution in [3.8, 4) is 0 Å². The van der Waals surface area contributed by atoms with Gasteiger partial charge >= 0.3 is 0 Å². The summed E-state index contributed by atoms with van der Waals surface area (Å²) < 4.78 is 1.87. The lowest BCUT2D eigenvalue weighted by Gasteiger charge is -2.10. The fourth-order valence-corrected chi connectivity index (χ4v) is 4.97. The second kappa shape index (κ2) is 9.15. The lowest BCUT2D eigenvalue weighted by molar-refractivity contribution is 0.948. The fraction of sp³-hybridized carbons (Fsp3) is 0.312. The predicted molar refractivity (Wildman–Crippen MR) is 109 cm³/mol. The van der Waals surface area contributed by atoms with Gasteiger partial charge in [-0.3, -0.25) is 0 Å². The molecule has 7 nitrogen and oxygen atoms in total. The fourth-order valence-electron chi connectivity index (χ4n) is 2.19. The number of anilines is 3. The number of rotatable bonds is 8. The second-order valence-electron chi connectivity index (χ2n) is 5.12. The second-order valence-corrected chi connectivity index (χ2v) is 8.84. The molecule has 0 aliphatic carbocycles. The van der Waals surface area contributed by atoms with Gasteiger partial charge in [-0.25, -0.2) is 0 Å². The number of nitrogen functional groups attached to an aromatic ring is 1. The normalized spacial score (nSPS) is 10.8. The number of aromatic nitrogens is 5. The average molecular weight is 406 g/mol. The highest BCUT2D eigenvalue weighted by Gasteiger charge is 2.10. The van der Waals surface area contributed by atoms with Gasteiger partial charge in [-0.1, -0.05) is 66.9 Å². The van der Waals surface area contributed by atoms with Crippen molar-refractivity contribution in [2.75, 3.05) is 16.8 Å². The molecule has 0 saturated heterocycles. The monoisotopic (exact) mass is 405 g/mol. The number of nitrogens with one attached hydrogen (secondary N) is 1. The van der Waals surface area contributed by atoms with E-state index in [1.165, 1.54) is 5.56 Å². The number of nitrogens with zero attached hydrogens (tertiary/aromatic N) is 5. The van der Waals surface area contributed by atoms with Crippen LogP contribution < -0.4 is 11.1 Å². The van der Waals surface area contributed by atoms with Gasteiger partial charge in [0.05, 0.1) is 5.75 Å². The SMILES string of the molecule is CCSc1nnc(SCc2nc(N)nc(Nc3ccccc3CC)n2)s1. The minimum absolute atomic E-state index is 0.201. The maximum absolute atomic E-state index is 5.86. The third-order valence-corrected chi connectivity index (χ3v) is 6.39. The van der Waals surface area contributed by atoms with Gasteiger partial charge in [-0.2, -0.15) is 15.0 Å². The Balaban J connectivity index is 1.70. The van der Waals surface area contributed by atoms with Gasteiger partial charge < -0.3 is 11.1 Å². The van der Waals surface area contributed by atoms with E-state index in [4.69, 9.17) is 5.73 Å². The molecule has 0 spiro atoms. The standard InChI is InChI=1S/C16H19N7S3/c1-3-10-7-5-6-8-11(10)18-14-20-12(19-13(17)21-14)9-25-16-23-22-15(26-16)24-4-2/h5-8H,3-4,9H2,1-2H3,(H3,17,18,19,20,21). The highest BCUT2D eigenvalue weighted by molar-refractivity contribution is 8.02. The topological polar surface area (TPSA) is 102 Å². The molecule has 0 saturated carbocycles. The van der Waals surface area contributed by atoms with Crippen molar-refractivity contribution >= 4 is 52.4 Å². The molecular weight excluding hydrogens is 386 g/mol. The van der Waals surface area contributed by atoms with Crippen LogP contribution in [0.5, 0.6) is 0 Å². The van der Waals surface area contributed by atoms with E-state index in [1.54, 1.807) is 34.9 Å². The van der Waals surface area contributed by atoms with E-state index >= 15 is 0 Å². The van der Waals surface area contributed by atoms with E-state index in [0.717, 1.165) is 26.5 Å². The minimum atomic E-state index is 0.201. The van der Waals surface area contributed by atoms with Crippen molar-refractivity contribution in [1.29, 1.82) is 0 Å². The van der Waals surface area contributed by atoms with Gasteiger partial charge in [-0.15, -0.1) is 10.2 Å². The molecule has 26 heavy (non-hydrogen) atoms. The van der Waals surface area contributed by atoms with Gasteiger partial charge in [-0.05, 0) is 23.8 Å². The number of hydrogen-bond acceptors (Lipinski definition) is 10. The first-order chi connectivity index (χ1) is 12.7. The molecule has 0 aliphatic rings. The lowest BCUT2D eigenvalue weighted by atomic mass is 10.1. The lowest BCUT2D eigenvalue weighted by Crippen LogP contribution is -2.07. The molecule has 0 radical (unpaired) electrons. The van der Waals surface area contributed by atoms with E-state index < -0.39 is 0 Å². The molecule has 0 bridgehead atoms. The average Bonchev–Trinajstić information content (AvgIpc) is 3.08. The first-order valence-electron chi connectivity index (χ1n) is 8.12. The van der Waals surface area contributed by atoms with E-state index in [-0.39, 0.29) is 5.95 Å². The van der Waals surface area contributed by atoms with Gasteiger partial charge in [0.25, 0.3) is 0 Å². The summed E-state index contributed by atoms with van der Waals surface area (Å²) in [5, 5.41) is 11.6. The highest BCUT2D eigenvalue weighted by Crippen LogP contribution is 2.30. The van der Waals surface area contributed by atoms with Gasteiger partial charge in [0.2, 0.25) is 11.9 Å². The molecule has 3 rings (SSSR count). The molecule has 0 aliphatic heterocycles. The molecule has 0 atom stereocenters. The number of nitrogens with two attached hydrogens (primary N) is 1. The zero-order valence-electron chi connectivity index (χ0n) is 14.5. The van der Waals surface area contributed by atoms with Gasteiger partial charge in [0.15, 0.2) is 8.68 Å². The van der Waals surface area contributed by atoms with E-state index in [0.29, 0.717) is 17.5 Å². The zero-order valence-corrected chi connectivity index (χ0v) is 16.9. The molecule has 0 fully saturated rings. The van der Waals surface area contributed by atoms with Crippen LogP contribution in [0.1, 0.15) is 25.2 Å². The van der Waals surface area contributed by atoms with Crippen molar-refractivity contribution in [3.05, 3.63) is 35.7 Å². The number of thioether (sulfide) groups is 2. The van der Waals surface area contributed by atoms with Crippen molar-refractivity contribution in [3.63, 3.8) is 0 Å². The van der Waals surface area contributed by atoms with Crippen molar-refractivity contribution in [2.24, 2.45) is 0 Å². The molecular formula is C16H19N7S3. The zero-order chi connectivity index (χ0) is 18.4. The highest BCUT2D eigenvalue weighted by atomic mass is 32.2. The molecule has 10 heteroatoms. The maximum Gasteiger partial charge on any atom is 0.232 e. The van der Waals surface area contributed by atoms with Crippen LogP contribution in [0.2, 0.25) is 0 Å². The summed E-state index contributed by atoms with van der Waals surface area (Å²) in [4.78, 5) is 12.9. The third-order valence-electron chi connectivity index (χ3n) is 3.32. The first kappa shape index (κ1) is 18.9. The Morgan fingerprint density at radius 3 is 2.58 bits per heavy atom.